The molecule has 28 heavy (non-hydrogen) atoms. The van der Waals surface area contributed by atoms with Crippen LogP contribution in [0.15, 0.2) is 48.0 Å². The van der Waals surface area contributed by atoms with Gasteiger partial charge < -0.3 is 14.7 Å². The smallest absolute Gasteiger partial charge is 0.295 e. The molecule has 1 saturated heterocycles. The molecule has 5 nitrogen and oxygen atoms in total. The van der Waals surface area contributed by atoms with E-state index in [0.29, 0.717) is 24.3 Å². The molecule has 1 amide bonds. The number of rotatable bonds is 5. The molecule has 1 unspecified atom stereocenters. The molecule has 146 valence electrons. The molecule has 1 atom stereocenters. The Labute approximate surface area is 165 Å². The van der Waals surface area contributed by atoms with Gasteiger partial charge in [-0.15, -0.1) is 0 Å². The molecule has 1 aliphatic heterocycles. The number of aryl methyl sites for hydroxylation is 2. The SMILES string of the molecule is CCCN1C(=O)C(=O)/C(=C(\O)c2ccc(C)c(C)c2)C1c1cccc(OC)c1. The van der Waals surface area contributed by atoms with Gasteiger partial charge in [-0.1, -0.05) is 31.2 Å². The van der Waals surface area contributed by atoms with Gasteiger partial charge in [0, 0.05) is 12.1 Å². The van der Waals surface area contributed by atoms with Crippen LogP contribution in [0.25, 0.3) is 5.76 Å². The third-order valence-corrected chi connectivity index (χ3v) is 5.19. The Kier molecular flexibility index (Phi) is 5.54. The van der Waals surface area contributed by atoms with E-state index in [1.165, 1.54) is 4.90 Å². The first kappa shape index (κ1) is 19.7. The van der Waals surface area contributed by atoms with Crippen molar-refractivity contribution in [1.29, 1.82) is 0 Å². The van der Waals surface area contributed by atoms with Crippen molar-refractivity contribution in [3.8, 4) is 5.75 Å². The average molecular weight is 379 g/mol. The predicted molar refractivity (Wildman–Crippen MR) is 108 cm³/mol. The highest BCUT2D eigenvalue weighted by atomic mass is 16.5. The normalized spacial score (nSPS) is 18.6. The van der Waals surface area contributed by atoms with Gasteiger partial charge in [-0.3, -0.25) is 9.59 Å². The van der Waals surface area contributed by atoms with Crippen LogP contribution in [-0.4, -0.2) is 35.4 Å². The number of ketones is 1. The first-order valence-corrected chi connectivity index (χ1v) is 9.39. The highest BCUT2D eigenvalue weighted by Crippen LogP contribution is 2.40. The molecule has 0 saturated carbocycles. The molecule has 0 radical (unpaired) electrons. The molecular weight excluding hydrogens is 354 g/mol. The minimum Gasteiger partial charge on any atom is -0.507 e. The van der Waals surface area contributed by atoms with Crippen LogP contribution in [0.5, 0.6) is 5.75 Å². The lowest BCUT2D eigenvalue weighted by molar-refractivity contribution is -0.139. The lowest BCUT2D eigenvalue weighted by Crippen LogP contribution is -2.30. The maximum Gasteiger partial charge on any atom is 0.295 e. The summed E-state index contributed by atoms with van der Waals surface area (Å²) in [4.78, 5) is 27.1. The van der Waals surface area contributed by atoms with E-state index < -0.39 is 17.7 Å². The van der Waals surface area contributed by atoms with Crippen molar-refractivity contribution in [3.63, 3.8) is 0 Å². The van der Waals surface area contributed by atoms with E-state index in [4.69, 9.17) is 4.74 Å². The van der Waals surface area contributed by atoms with E-state index in [1.807, 2.05) is 45.0 Å². The van der Waals surface area contributed by atoms with Crippen molar-refractivity contribution >= 4 is 17.4 Å². The van der Waals surface area contributed by atoms with Gasteiger partial charge in [0.15, 0.2) is 0 Å². The molecule has 3 rings (SSSR count). The highest BCUT2D eigenvalue weighted by molar-refractivity contribution is 6.46. The third kappa shape index (κ3) is 3.40. The summed E-state index contributed by atoms with van der Waals surface area (Å²) in [5.74, 6) is -0.754. The van der Waals surface area contributed by atoms with Gasteiger partial charge in [0.25, 0.3) is 11.7 Å². The van der Waals surface area contributed by atoms with Crippen molar-refractivity contribution in [1.82, 2.24) is 4.90 Å². The zero-order chi connectivity index (χ0) is 20.4. The van der Waals surface area contributed by atoms with Gasteiger partial charge in [0.1, 0.15) is 11.5 Å². The molecule has 0 bridgehead atoms. The van der Waals surface area contributed by atoms with E-state index in [2.05, 4.69) is 0 Å². The number of carbonyl (C=O) groups excluding carboxylic acids is 2. The van der Waals surface area contributed by atoms with Gasteiger partial charge in [0.05, 0.1) is 18.7 Å². The molecule has 2 aromatic rings. The summed E-state index contributed by atoms with van der Waals surface area (Å²) in [6.07, 6.45) is 0.706. The van der Waals surface area contributed by atoms with Crippen LogP contribution in [0.1, 0.15) is 41.6 Å². The van der Waals surface area contributed by atoms with Crippen LogP contribution >= 0.6 is 0 Å². The number of hydrogen-bond donors (Lipinski definition) is 1. The lowest BCUT2D eigenvalue weighted by Gasteiger charge is -2.25. The number of likely N-dealkylation sites (tertiary alicyclic amines) is 1. The molecular formula is C23H25NO4. The average Bonchev–Trinajstić information content (AvgIpc) is 2.95. The van der Waals surface area contributed by atoms with Crippen LogP contribution in [-0.2, 0) is 9.59 Å². The number of ether oxygens (including phenoxy) is 1. The van der Waals surface area contributed by atoms with Gasteiger partial charge in [0.2, 0.25) is 0 Å². The molecule has 1 aliphatic rings. The van der Waals surface area contributed by atoms with E-state index in [0.717, 1.165) is 16.7 Å². The maximum absolute atomic E-state index is 12.9. The monoisotopic (exact) mass is 379 g/mol. The zero-order valence-electron chi connectivity index (χ0n) is 16.7. The topological polar surface area (TPSA) is 66.8 Å². The van der Waals surface area contributed by atoms with Crippen LogP contribution in [0.3, 0.4) is 0 Å². The first-order chi connectivity index (χ1) is 13.4. The molecule has 0 aromatic heterocycles. The van der Waals surface area contributed by atoms with Crippen molar-refractivity contribution in [2.24, 2.45) is 0 Å². The summed E-state index contributed by atoms with van der Waals surface area (Å²) in [6, 6.07) is 12.1. The molecule has 1 N–H and O–H groups in total. The van der Waals surface area contributed by atoms with Gasteiger partial charge in [-0.2, -0.15) is 0 Å². The number of aliphatic hydroxyl groups excluding tert-OH is 1. The van der Waals surface area contributed by atoms with Crippen molar-refractivity contribution in [3.05, 3.63) is 70.3 Å². The Balaban J connectivity index is 2.21. The molecule has 1 heterocycles. The van der Waals surface area contributed by atoms with Crippen molar-refractivity contribution in [2.75, 3.05) is 13.7 Å². The van der Waals surface area contributed by atoms with Gasteiger partial charge >= 0.3 is 0 Å². The Bertz CT molecular complexity index is 961. The first-order valence-electron chi connectivity index (χ1n) is 9.39. The summed E-state index contributed by atoms with van der Waals surface area (Å²) >= 11 is 0. The fraction of sp³-hybridized carbons (Fsp3) is 0.304. The number of nitrogens with zero attached hydrogens (tertiary/aromatic N) is 1. The van der Waals surface area contributed by atoms with E-state index in [1.54, 1.807) is 25.3 Å². The predicted octanol–water partition coefficient (Wildman–Crippen LogP) is 4.14. The molecule has 5 heteroatoms. The summed E-state index contributed by atoms with van der Waals surface area (Å²) < 4.78 is 5.31. The maximum atomic E-state index is 12.9. The van der Waals surface area contributed by atoms with E-state index in [-0.39, 0.29) is 11.3 Å². The largest absolute Gasteiger partial charge is 0.507 e. The number of aliphatic hydroxyl groups is 1. The quantitative estimate of drug-likeness (QED) is 0.482. The van der Waals surface area contributed by atoms with Crippen molar-refractivity contribution < 1.29 is 19.4 Å². The summed E-state index contributed by atoms with van der Waals surface area (Å²) in [5.41, 5.74) is 3.48. The summed E-state index contributed by atoms with van der Waals surface area (Å²) in [7, 11) is 1.57. The lowest BCUT2D eigenvalue weighted by atomic mass is 9.94. The standard InChI is InChI=1S/C23H25NO4/c1-5-11-24-20(16-7-6-8-18(13-16)28-4)19(22(26)23(24)27)21(25)17-10-9-14(2)15(3)12-17/h6-10,12-13,20,25H,5,11H2,1-4H3/b21-19-. The third-order valence-electron chi connectivity index (χ3n) is 5.19. The zero-order valence-corrected chi connectivity index (χ0v) is 16.7. The fourth-order valence-electron chi connectivity index (χ4n) is 3.55. The van der Waals surface area contributed by atoms with Crippen LogP contribution in [0, 0.1) is 13.8 Å². The van der Waals surface area contributed by atoms with E-state index >= 15 is 0 Å². The number of benzene rings is 2. The number of amides is 1. The minimum atomic E-state index is -0.656. The number of methoxy groups -OCH3 is 1. The summed E-state index contributed by atoms with van der Waals surface area (Å²) in [5, 5.41) is 11.0. The second kappa shape index (κ2) is 7.89. The van der Waals surface area contributed by atoms with E-state index in [9.17, 15) is 14.7 Å². The second-order valence-corrected chi connectivity index (χ2v) is 7.07. The number of carbonyl (C=O) groups is 2. The molecule has 2 aromatic carbocycles. The summed E-state index contributed by atoms with van der Waals surface area (Å²) in [6.45, 7) is 6.30. The van der Waals surface area contributed by atoms with Gasteiger partial charge in [-0.25, -0.2) is 0 Å². The molecule has 0 aliphatic carbocycles. The highest BCUT2D eigenvalue weighted by Gasteiger charge is 2.45. The number of Topliss-reactive ketones (excluding diaryl/α,β-unsaturated/α-hetero) is 1. The minimum absolute atomic E-state index is 0.120. The van der Waals surface area contributed by atoms with Crippen molar-refractivity contribution in [2.45, 2.75) is 33.2 Å². The number of hydrogen-bond acceptors (Lipinski definition) is 4. The second-order valence-electron chi connectivity index (χ2n) is 7.07. The Morgan fingerprint density at radius 3 is 2.50 bits per heavy atom. The van der Waals surface area contributed by atoms with Crippen LogP contribution in [0.4, 0.5) is 0 Å². The van der Waals surface area contributed by atoms with Gasteiger partial charge in [-0.05, 0) is 55.2 Å². The fourth-order valence-corrected chi connectivity index (χ4v) is 3.55. The Hall–Kier alpha value is -3.08. The Morgan fingerprint density at radius 2 is 1.86 bits per heavy atom. The van der Waals surface area contributed by atoms with Crippen LogP contribution < -0.4 is 4.74 Å². The molecule has 1 fully saturated rings. The van der Waals surface area contributed by atoms with Crippen LogP contribution in [0.2, 0.25) is 0 Å². The Morgan fingerprint density at radius 1 is 1.11 bits per heavy atom. The molecule has 0 spiro atoms.